The number of aromatic nitrogens is 6. The molecular formula is C23H27N9O. The van der Waals surface area contributed by atoms with Crippen molar-refractivity contribution in [1.82, 2.24) is 30.2 Å². The molecule has 2 atom stereocenters. The number of hydrogen-bond acceptors (Lipinski definition) is 7. The zero-order valence-electron chi connectivity index (χ0n) is 18.8. The van der Waals surface area contributed by atoms with Gasteiger partial charge in [-0.3, -0.25) is 4.79 Å². The molecule has 1 aliphatic rings. The summed E-state index contributed by atoms with van der Waals surface area (Å²) in [5, 5.41) is 22.1. The third kappa shape index (κ3) is 3.43. The Labute approximate surface area is 190 Å². The molecule has 0 aliphatic heterocycles. The standard InChI is InChI=1S/C23H27N9O/c1-22(2)18(8-9-23(22,3)25)27-19-16(20(24)33)11-26-32-12-15(10-17(19)32)13-4-6-14(7-5-13)21-28-30-31-29-21/h4-7,10-12,18,27H,8-9,25H2,1-3H3,(H2,24,33)(H,28,29,30,31)/t18-,23+/m1/s1. The summed E-state index contributed by atoms with van der Waals surface area (Å²) in [6.45, 7) is 6.41. The van der Waals surface area contributed by atoms with Crippen LogP contribution in [0.5, 0.6) is 0 Å². The Morgan fingerprint density at radius 3 is 2.52 bits per heavy atom. The fourth-order valence-electron chi connectivity index (χ4n) is 4.60. The molecule has 0 spiro atoms. The van der Waals surface area contributed by atoms with Crippen LogP contribution in [0.25, 0.3) is 28.0 Å². The molecule has 33 heavy (non-hydrogen) atoms. The summed E-state index contributed by atoms with van der Waals surface area (Å²) < 4.78 is 1.76. The smallest absolute Gasteiger partial charge is 0.252 e. The van der Waals surface area contributed by atoms with E-state index < -0.39 is 5.91 Å². The summed E-state index contributed by atoms with van der Waals surface area (Å²) in [5.41, 5.74) is 16.4. The van der Waals surface area contributed by atoms with Crippen molar-refractivity contribution in [1.29, 1.82) is 0 Å². The van der Waals surface area contributed by atoms with E-state index in [1.54, 1.807) is 4.52 Å². The summed E-state index contributed by atoms with van der Waals surface area (Å²) in [6, 6.07) is 9.95. The van der Waals surface area contributed by atoms with Crippen LogP contribution in [0.4, 0.5) is 5.69 Å². The maximum Gasteiger partial charge on any atom is 0.252 e. The van der Waals surface area contributed by atoms with Gasteiger partial charge in [-0.05, 0) is 36.6 Å². The maximum absolute atomic E-state index is 12.2. The predicted octanol–water partition coefficient (Wildman–Crippen LogP) is 2.60. The van der Waals surface area contributed by atoms with Crippen molar-refractivity contribution >= 4 is 17.1 Å². The first-order valence-corrected chi connectivity index (χ1v) is 10.9. The minimum atomic E-state index is -0.522. The van der Waals surface area contributed by atoms with Crippen molar-refractivity contribution in [2.45, 2.75) is 45.2 Å². The van der Waals surface area contributed by atoms with E-state index in [9.17, 15) is 4.79 Å². The molecule has 1 amide bonds. The first kappa shape index (κ1) is 21.1. The number of carbonyl (C=O) groups is 1. The number of amides is 1. The lowest BCUT2D eigenvalue weighted by Crippen LogP contribution is -2.51. The van der Waals surface area contributed by atoms with Gasteiger partial charge in [0.25, 0.3) is 5.91 Å². The Hall–Kier alpha value is -3.79. The second-order valence-corrected chi connectivity index (χ2v) is 9.54. The van der Waals surface area contributed by atoms with Crippen molar-refractivity contribution in [3.63, 3.8) is 0 Å². The van der Waals surface area contributed by atoms with Crippen molar-refractivity contribution in [2.75, 3.05) is 5.32 Å². The normalized spacial score (nSPS) is 22.0. The molecule has 0 unspecified atom stereocenters. The number of aromatic amines is 1. The van der Waals surface area contributed by atoms with Gasteiger partial charge in [0.1, 0.15) is 0 Å². The first-order chi connectivity index (χ1) is 15.7. The van der Waals surface area contributed by atoms with Crippen LogP contribution in [-0.4, -0.2) is 47.7 Å². The molecule has 0 bridgehead atoms. The summed E-state index contributed by atoms with van der Waals surface area (Å²) in [4.78, 5) is 12.2. The fraction of sp³-hybridized carbons (Fsp3) is 0.348. The molecule has 5 rings (SSSR count). The van der Waals surface area contributed by atoms with Crippen molar-refractivity contribution in [3.05, 3.63) is 48.3 Å². The zero-order chi connectivity index (χ0) is 23.4. The maximum atomic E-state index is 12.2. The number of nitrogens with one attached hydrogen (secondary N) is 2. The van der Waals surface area contributed by atoms with Gasteiger partial charge in [0.05, 0.1) is 23.0 Å². The van der Waals surface area contributed by atoms with Crippen LogP contribution < -0.4 is 16.8 Å². The third-order valence-corrected chi connectivity index (χ3v) is 7.34. The van der Waals surface area contributed by atoms with Gasteiger partial charge in [-0.15, -0.1) is 10.2 Å². The number of fused-ring (bicyclic) bond motifs is 1. The van der Waals surface area contributed by atoms with Crippen LogP contribution in [0, 0.1) is 5.41 Å². The van der Waals surface area contributed by atoms with Crippen LogP contribution in [-0.2, 0) is 0 Å². The van der Waals surface area contributed by atoms with E-state index in [0.29, 0.717) is 17.1 Å². The number of nitrogens with two attached hydrogens (primary N) is 2. The van der Waals surface area contributed by atoms with Crippen LogP contribution in [0.2, 0.25) is 0 Å². The highest BCUT2D eigenvalue weighted by Crippen LogP contribution is 2.46. The average molecular weight is 446 g/mol. The second kappa shape index (κ2) is 7.38. The highest BCUT2D eigenvalue weighted by atomic mass is 16.1. The summed E-state index contributed by atoms with van der Waals surface area (Å²) in [6.07, 6.45) is 5.24. The largest absolute Gasteiger partial charge is 0.379 e. The number of anilines is 1. The Morgan fingerprint density at radius 2 is 1.91 bits per heavy atom. The second-order valence-electron chi connectivity index (χ2n) is 9.54. The predicted molar refractivity (Wildman–Crippen MR) is 125 cm³/mol. The number of primary amides is 1. The van der Waals surface area contributed by atoms with Gasteiger partial charge in [-0.1, -0.05) is 38.1 Å². The van der Waals surface area contributed by atoms with Crippen molar-refractivity contribution in [3.8, 4) is 22.5 Å². The number of hydrogen-bond donors (Lipinski definition) is 4. The Bertz CT molecular complexity index is 1320. The van der Waals surface area contributed by atoms with E-state index in [2.05, 4.69) is 51.8 Å². The van der Waals surface area contributed by atoms with Crippen LogP contribution in [0.15, 0.2) is 42.7 Å². The molecule has 1 fully saturated rings. The van der Waals surface area contributed by atoms with Gasteiger partial charge in [0.2, 0.25) is 5.82 Å². The fourth-order valence-corrected chi connectivity index (χ4v) is 4.60. The molecule has 1 saturated carbocycles. The number of nitrogens with zero attached hydrogens (tertiary/aromatic N) is 5. The van der Waals surface area contributed by atoms with Gasteiger partial charge in [-0.2, -0.15) is 10.3 Å². The van der Waals surface area contributed by atoms with Gasteiger partial charge >= 0.3 is 0 Å². The van der Waals surface area contributed by atoms with E-state index in [-0.39, 0.29) is 17.0 Å². The van der Waals surface area contributed by atoms with E-state index in [0.717, 1.165) is 35.0 Å². The molecular weight excluding hydrogens is 418 g/mol. The molecule has 4 aromatic rings. The van der Waals surface area contributed by atoms with Crippen LogP contribution >= 0.6 is 0 Å². The molecule has 10 heteroatoms. The minimum absolute atomic E-state index is 0.0874. The van der Waals surface area contributed by atoms with E-state index in [1.165, 1.54) is 6.20 Å². The van der Waals surface area contributed by atoms with Gasteiger partial charge in [-0.25, -0.2) is 4.52 Å². The monoisotopic (exact) mass is 445 g/mol. The molecule has 3 aromatic heterocycles. The minimum Gasteiger partial charge on any atom is -0.379 e. The van der Waals surface area contributed by atoms with Crippen LogP contribution in [0.1, 0.15) is 44.0 Å². The summed E-state index contributed by atoms with van der Waals surface area (Å²) >= 11 is 0. The molecule has 170 valence electrons. The van der Waals surface area contributed by atoms with E-state index in [4.69, 9.17) is 11.5 Å². The summed E-state index contributed by atoms with van der Waals surface area (Å²) in [7, 11) is 0. The number of tetrazole rings is 1. The highest BCUT2D eigenvalue weighted by molar-refractivity contribution is 6.02. The number of rotatable bonds is 5. The molecule has 3 heterocycles. The summed E-state index contributed by atoms with van der Waals surface area (Å²) in [5.74, 6) is 0.0138. The first-order valence-electron chi connectivity index (χ1n) is 10.9. The van der Waals surface area contributed by atoms with Gasteiger partial charge in [0, 0.05) is 34.3 Å². The molecule has 6 N–H and O–H groups in total. The van der Waals surface area contributed by atoms with Gasteiger partial charge in [0.15, 0.2) is 0 Å². The SMILES string of the molecule is CC1(C)[C@H](Nc2c(C(N)=O)cnn3cc(-c4ccc(-c5nn[nH]n5)cc4)cc23)CC[C@]1(C)N. The lowest BCUT2D eigenvalue weighted by Gasteiger charge is -2.39. The molecule has 10 nitrogen and oxygen atoms in total. The van der Waals surface area contributed by atoms with Crippen molar-refractivity contribution in [2.24, 2.45) is 16.9 Å². The van der Waals surface area contributed by atoms with Crippen LogP contribution in [0.3, 0.4) is 0 Å². The van der Waals surface area contributed by atoms with Gasteiger partial charge < -0.3 is 16.8 Å². The van der Waals surface area contributed by atoms with E-state index in [1.807, 2.05) is 36.5 Å². The average Bonchev–Trinajstić information content (AvgIpc) is 3.49. The van der Waals surface area contributed by atoms with Crippen molar-refractivity contribution < 1.29 is 4.79 Å². The number of carbonyl (C=O) groups excluding carboxylic acids is 1. The van der Waals surface area contributed by atoms with E-state index >= 15 is 0 Å². The topological polar surface area (TPSA) is 153 Å². The lowest BCUT2D eigenvalue weighted by molar-refractivity contribution is 0.100. The quantitative estimate of drug-likeness (QED) is 0.368. The third-order valence-electron chi connectivity index (χ3n) is 7.34. The molecule has 1 aromatic carbocycles. The Kier molecular flexibility index (Phi) is 4.71. The molecule has 0 saturated heterocycles. The molecule has 1 aliphatic carbocycles. The zero-order valence-corrected chi connectivity index (χ0v) is 18.8. The highest BCUT2D eigenvalue weighted by Gasteiger charge is 2.49. The molecule has 0 radical (unpaired) electrons. The Morgan fingerprint density at radius 1 is 1.18 bits per heavy atom. The number of benzene rings is 1. The number of H-pyrrole nitrogens is 1. The lowest BCUT2D eigenvalue weighted by atomic mass is 9.75. The Balaban J connectivity index is 1.55.